The van der Waals surface area contributed by atoms with Crippen LogP contribution in [0.5, 0.6) is 0 Å². The van der Waals surface area contributed by atoms with E-state index in [0.29, 0.717) is 5.75 Å². The highest BCUT2D eigenvalue weighted by Gasteiger charge is 2.22. The summed E-state index contributed by atoms with van der Waals surface area (Å²) in [6, 6.07) is 2.03. The van der Waals surface area contributed by atoms with Crippen molar-refractivity contribution in [2.45, 2.75) is 17.9 Å². The van der Waals surface area contributed by atoms with E-state index in [2.05, 4.69) is 19.8 Å². The van der Waals surface area contributed by atoms with Gasteiger partial charge in [0.05, 0.1) is 5.75 Å². The molecule has 6 nitrogen and oxygen atoms in total. The third kappa shape index (κ3) is 4.36. The first-order valence-electron chi connectivity index (χ1n) is 9.33. The highest BCUT2D eigenvalue weighted by Crippen LogP contribution is 2.27. The Morgan fingerprint density at radius 2 is 1.77 bits per heavy atom. The second kappa shape index (κ2) is 8.65. The van der Waals surface area contributed by atoms with Crippen LogP contribution in [0.15, 0.2) is 22.8 Å². The number of likely N-dealkylation sites (tertiary alicyclic amines) is 1. The molecule has 0 spiro atoms. The Kier molecular flexibility index (Phi) is 6.04. The van der Waals surface area contributed by atoms with Crippen molar-refractivity contribution < 1.29 is 4.79 Å². The van der Waals surface area contributed by atoms with E-state index in [-0.39, 0.29) is 5.91 Å². The lowest BCUT2D eigenvalue weighted by atomic mass is 10.3. The van der Waals surface area contributed by atoms with Gasteiger partial charge in [-0.25, -0.2) is 9.97 Å². The van der Waals surface area contributed by atoms with Gasteiger partial charge in [-0.05, 0) is 37.4 Å². The van der Waals surface area contributed by atoms with E-state index < -0.39 is 0 Å². The number of piperazine rings is 1. The Balaban J connectivity index is 1.21. The van der Waals surface area contributed by atoms with Crippen molar-refractivity contribution in [3.05, 3.63) is 17.8 Å². The molecule has 2 aliphatic rings. The van der Waals surface area contributed by atoms with Crippen LogP contribution in [0.25, 0.3) is 10.2 Å². The molecule has 140 valence electrons. The van der Waals surface area contributed by atoms with Gasteiger partial charge in [0, 0.05) is 44.7 Å². The third-order valence-electron chi connectivity index (χ3n) is 5.21. The fraction of sp³-hybridized carbons (Fsp3) is 0.611. The SMILES string of the molecule is O=C(CSc1ncnc2sccc12)N1CCN(CCN2CCCC2)CC1. The number of thiophene rings is 1. The monoisotopic (exact) mass is 391 g/mol. The fourth-order valence-corrected chi connectivity index (χ4v) is 5.30. The first kappa shape index (κ1) is 18.2. The van der Waals surface area contributed by atoms with Crippen molar-refractivity contribution in [3.63, 3.8) is 0 Å². The Labute approximate surface area is 162 Å². The Morgan fingerprint density at radius 3 is 2.54 bits per heavy atom. The van der Waals surface area contributed by atoms with Crippen molar-refractivity contribution in [2.24, 2.45) is 0 Å². The molecule has 0 saturated carbocycles. The molecule has 0 N–H and O–H groups in total. The molecule has 2 fully saturated rings. The van der Waals surface area contributed by atoms with Crippen LogP contribution < -0.4 is 0 Å². The van der Waals surface area contributed by atoms with E-state index in [1.807, 2.05) is 16.3 Å². The van der Waals surface area contributed by atoms with Crippen LogP contribution in [-0.4, -0.2) is 88.7 Å². The average molecular weight is 392 g/mol. The molecular formula is C18H25N5OS2. The summed E-state index contributed by atoms with van der Waals surface area (Å²) in [7, 11) is 0. The molecule has 26 heavy (non-hydrogen) atoms. The summed E-state index contributed by atoms with van der Waals surface area (Å²) in [6.07, 6.45) is 4.29. The molecule has 1 amide bonds. The third-order valence-corrected chi connectivity index (χ3v) is 7.02. The van der Waals surface area contributed by atoms with Crippen LogP contribution in [0.3, 0.4) is 0 Å². The van der Waals surface area contributed by atoms with E-state index in [1.54, 1.807) is 17.7 Å². The standard InChI is InChI=1S/C18H25N5OS2/c24-16(13-26-18-15-3-12-25-17(15)19-14-20-18)23-10-8-22(9-11-23)7-6-21-4-1-2-5-21/h3,12,14H,1-2,4-11,13H2. The highest BCUT2D eigenvalue weighted by molar-refractivity contribution is 8.00. The van der Waals surface area contributed by atoms with Crippen molar-refractivity contribution in [2.75, 3.05) is 58.1 Å². The molecule has 4 heterocycles. The molecule has 4 rings (SSSR count). The minimum atomic E-state index is 0.219. The van der Waals surface area contributed by atoms with Gasteiger partial charge in [0.2, 0.25) is 5.91 Å². The van der Waals surface area contributed by atoms with Crippen molar-refractivity contribution >= 4 is 39.2 Å². The van der Waals surface area contributed by atoms with Crippen molar-refractivity contribution in [3.8, 4) is 0 Å². The van der Waals surface area contributed by atoms with Gasteiger partial charge in [-0.15, -0.1) is 11.3 Å². The fourth-order valence-electron chi connectivity index (χ4n) is 3.61. The maximum atomic E-state index is 12.6. The minimum Gasteiger partial charge on any atom is -0.339 e. The summed E-state index contributed by atoms with van der Waals surface area (Å²) in [5.74, 6) is 0.673. The Hall–Kier alpha value is -1.22. The van der Waals surface area contributed by atoms with Gasteiger partial charge in [-0.1, -0.05) is 11.8 Å². The van der Waals surface area contributed by atoms with Crippen LogP contribution in [0.1, 0.15) is 12.8 Å². The van der Waals surface area contributed by atoms with Gasteiger partial charge in [0.25, 0.3) is 0 Å². The summed E-state index contributed by atoms with van der Waals surface area (Å²) in [4.78, 5) is 29.2. The topological polar surface area (TPSA) is 52.6 Å². The zero-order valence-corrected chi connectivity index (χ0v) is 16.6. The Morgan fingerprint density at radius 1 is 1.04 bits per heavy atom. The van der Waals surface area contributed by atoms with Gasteiger partial charge >= 0.3 is 0 Å². The van der Waals surface area contributed by atoms with Gasteiger partial charge < -0.3 is 9.80 Å². The molecule has 0 unspecified atom stereocenters. The lowest BCUT2D eigenvalue weighted by molar-refractivity contribution is -0.130. The number of rotatable bonds is 6. The molecule has 2 aromatic rings. The van der Waals surface area contributed by atoms with Crippen molar-refractivity contribution in [1.82, 2.24) is 24.7 Å². The van der Waals surface area contributed by atoms with Gasteiger partial charge in [0.1, 0.15) is 16.2 Å². The summed E-state index contributed by atoms with van der Waals surface area (Å²) < 4.78 is 0. The molecular weight excluding hydrogens is 366 g/mol. The van der Waals surface area contributed by atoms with E-state index in [4.69, 9.17) is 0 Å². The number of thioether (sulfide) groups is 1. The van der Waals surface area contributed by atoms with Crippen LogP contribution in [0.4, 0.5) is 0 Å². The van der Waals surface area contributed by atoms with Gasteiger partial charge in [0.15, 0.2) is 0 Å². The summed E-state index contributed by atoms with van der Waals surface area (Å²) in [5.41, 5.74) is 0. The highest BCUT2D eigenvalue weighted by atomic mass is 32.2. The summed E-state index contributed by atoms with van der Waals surface area (Å²) >= 11 is 3.14. The lowest BCUT2D eigenvalue weighted by Gasteiger charge is -2.35. The minimum absolute atomic E-state index is 0.219. The van der Waals surface area contributed by atoms with Crippen LogP contribution in [0.2, 0.25) is 0 Å². The van der Waals surface area contributed by atoms with E-state index in [9.17, 15) is 4.79 Å². The number of carbonyl (C=O) groups is 1. The molecule has 2 aromatic heterocycles. The van der Waals surface area contributed by atoms with Gasteiger partial charge in [-0.3, -0.25) is 9.69 Å². The lowest BCUT2D eigenvalue weighted by Crippen LogP contribution is -2.50. The molecule has 0 atom stereocenters. The molecule has 0 aliphatic carbocycles. The molecule has 0 bridgehead atoms. The summed E-state index contributed by atoms with van der Waals surface area (Å²) in [6.45, 7) is 8.50. The first-order valence-corrected chi connectivity index (χ1v) is 11.2. The zero-order chi connectivity index (χ0) is 17.8. The quantitative estimate of drug-likeness (QED) is 0.555. The smallest absolute Gasteiger partial charge is 0.233 e. The predicted octanol–water partition coefficient (Wildman–Crippen LogP) is 2.02. The van der Waals surface area contributed by atoms with Gasteiger partial charge in [-0.2, -0.15) is 0 Å². The predicted molar refractivity (Wildman–Crippen MR) is 107 cm³/mol. The van der Waals surface area contributed by atoms with Crippen LogP contribution in [0, 0.1) is 0 Å². The molecule has 2 aliphatic heterocycles. The number of fused-ring (bicyclic) bond motifs is 1. The van der Waals surface area contributed by atoms with E-state index in [1.165, 1.54) is 44.2 Å². The molecule has 0 aromatic carbocycles. The largest absolute Gasteiger partial charge is 0.339 e. The number of aromatic nitrogens is 2. The van der Waals surface area contributed by atoms with Crippen LogP contribution in [-0.2, 0) is 4.79 Å². The molecule has 2 saturated heterocycles. The number of hydrogen-bond donors (Lipinski definition) is 0. The Bertz CT molecular complexity index is 738. The zero-order valence-electron chi connectivity index (χ0n) is 15.0. The first-order chi connectivity index (χ1) is 12.8. The molecule has 0 radical (unpaired) electrons. The van der Waals surface area contributed by atoms with E-state index in [0.717, 1.165) is 48.0 Å². The second-order valence-electron chi connectivity index (χ2n) is 6.88. The van der Waals surface area contributed by atoms with Crippen LogP contribution >= 0.6 is 23.1 Å². The number of nitrogens with zero attached hydrogens (tertiary/aromatic N) is 5. The maximum Gasteiger partial charge on any atom is 0.233 e. The molecule has 8 heteroatoms. The maximum absolute atomic E-state index is 12.6. The average Bonchev–Trinajstić information content (AvgIpc) is 3.36. The second-order valence-corrected chi connectivity index (χ2v) is 8.74. The normalized spacial score (nSPS) is 19.5. The number of hydrogen-bond acceptors (Lipinski definition) is 7. The van der Waals surface area contributed by atoms with E-state index >= 15 is 0 Å². The number of amides is 1. The van der Waals surface area contributed by atoms with Crippen molar-refractivity contribution in [1.29, 1.82) is 0 Å². The number of carbonyl (C=O) groups excluding carboxylic acids is 1. The summed E-state index contributed by atoms with van der Waals surface area (Å²) in [5, 5.41) is 3.99.